The van der Waals surface area contributed by atoms with E-state index in [0.29, 0.717) is 17.7 Å². The monoisotopic (exact) mass is 680 g/mol. The standard InChI is InChI=1S/C37H40N6O7/c1-41-20-32(40-37(48)50-22-24-9-4-3-5-10-24)36(47)42(2)21-34(45)43-19-27(17-28(43)23-49-29-12-8-11-25(15-29)35(41)46)39-33(44)16-26-18-38-31-14-7-6-13-30(26)31/h3-15,18,27-28,32,38H,16-17,19-23H2,1-2H3,(H,39,44)(H,40,48)/t27-,28+,32+/m1/s1. The maximum atomic E-state index is 13.8. The van der Waals surface area contributed by atoms with Crippen molar-refractivity contribution in [3.05, 3.63) is 102 Å². The van der Waals surface area contributed by atoms with E-state index in [1.807, 2.05) is 48.7 Å². The van der Waals surface area contributed by atoms with Crippen LogP contribution in [-0.4, -0.2) is 108 Å². The molecule has 0 saturated carbocycles. The number of carbonyl (C=O) groups excluding carboxylic acids is 5. The second kappa shape index (κ2) is 15.1. The lowest BCUT2D eigenvalue weighted by Gasteiger charge is -2.30. The predicted molar refractivity (Wildman–Crippen MR) is 184 cm³/mol. The van der Waals surface area contributed by atoms with Gasteiger partial charge in [-0.15, -0.1) is 0 Å². The molecule has 0 unspecified atom stereocenters. The average molecular weight is 681 g/mol. The van der Waals surface area contributed by atoms with Gasteiger partial charge in [-0.25, -0.2) is 4.79 Å². The molecule has 4 aromatic rings. The molecule has 1 fully saturated rings. The van der Waals surface area contributed by atoms with E-state index in [4.69, 9.17) is 9.47 Å². The largest absolute Gasteiger partial charge is 0.491 e. The van der Waals surface area contributed by atoms with Gasteiger partial charge in [0.15, 0.2) is 0 Å². The number of H-pyrrole nitrogens is 1. The molecule has 3 N–H and O–H groups in total. The van der Waals surface area contributed by atoms with Gasteiger partial charge >= 0.3 is 6.09 Å². The van der Waals surface area contributed by atoms with Crippen LogP contribution in [0.15, 0.2) is 85.1 Å². The summed E-state index contributed by atoms with van der Waals surface area (Å²) in [5.41, 5.74) is 2.91. The Bertz CT molecular complexity index is 1880. The van der Waals surface area contributed by atoms with E-state index in [1.54, 1.807) is 41.3 Å². The fourth-order valence-corrected chi connectivity index (χ4v) is 6.43. The lowest BCUT2D eigenvalue weighted by Crippen LogP contribution is -2.55. The van der Waals surface area contributed by atoms with Crippen molar-refractivity contribution >= 4 is 40.6 Å². The van der Waals surface area contributed by atoms with Crippen LogP contribution in [0.3, 0.4) is 0 Å². The average Bonchev–Trinajstić information content (AvgIpc) is 3.72. The van der Waals surface area contributed by atoms with E-state index in [2.05, 4.69) is 15.6 Å². The first-order chi connectivity index (χ1) is 24.1. The lowest BCUT2D eigenvalue weighted by molar-refractivity contribution is -0.141. The molecule has 260 valence electrons. The molecule has 3 heterocycles. The van der Waals surface area contributed by atoms with Gasteiger partial charge in [-0.3, -0.25) is 19.2 Å². The number of benzene rings is 3. The zero-order chi connectivity index (χ0) is 35.2. The number of aromatic amines is 1. The van der Waals surface area contributed by atoms with Crippen LogP contribution in [0.25, 0.3) is 10.9 Å². The topological polar surface area (TPSA) is 153 Å². The molecule has 1 saturated heterocycles. The fourth-order valence-electron chi connectivity index (χ4n) is 6.43. The molecule has 2 aliphatic heterocycles. The maximum Gasteiger partial charge on any atom is 0.408 e. The summed E-state index contributed by atoms with van der Waals surface area (Å²) in [5, 5.41) is 6.64. The van der Waals surface area contributed by atoms with Crippen LogP contribution in [0.4, 0.5) is 4.79 Å². The second-order valence-electron chi connectivity index (χ2n) is 12.7. The summed E-state index contributed by atoms with van der Waals surface area (Å²) in [6, 6.07) is 21.5. The lowest BCUT2D eigenvalue weighted by atomic mass is 10.1. The van der Waals surface area contributed by atoms with Crippen molar-refractivity contribution in [1.82, 2.24) is 30.3 Å². The summed E-state index contributed by atoms with van der Waals surface area (Å²) >= 11 is 0. The quantitative estimate of drug-likeness (QED) is 0.283. The molecule has 13 nitrogen and oxygen atoms in total. The first-order valence-electron chi connectivity index (χ1n) is 16.5. The third-order valence-corrected chi connectivity index (χ3v) is 9.00. The Morgan fingerprint density at radius 1 is 0.920 bits per heavy atom. The van der Waals surface area contributed by atoms with Crippen molar-refractivity contribution in [1.29, 1.82) is 0 Å². The molecular formula is C37H40N6O7. The van der Waals surface area contributed by atoms with E-state index in [-0.39, 0.29) is 63.0 Å². The van der Waals surface area contributed by atoms with E-state index < -0.39 is 24.1 Å². The zero-order valence-corrected chi connectivity index (χ0v) is 28.0. The van der Waals surface area contributed by atoms with E-state index >= 15 is 0 Å². The Kier molecular flexibility index (Phi) is 10.3. The number of carbonyl (C=O) groups is 5. The van der Waals surface area contributed by atoms with Gasteiger partial charge in [0.25, 0.3) is 5.91 Å². The van der Waals surface area contributed by atoms with Crippen LogP contribution < -0.4 is 15.4 Å². The first kappa shape index (κ1) is 34.0. The zero-order valence-electron chi connectivity index (χ0n) is 28.0. The highest BCUT2D eigenvalue weighted by Crippen LogP contribution is 2.23. The number of hydrogen-bond acceptors (Lipinski definition) is 7. The molecule has 0 radical (unpaired) electrons. The van der Waals surface area contributed by atoms with Crippen molar-refractivity contribution in [3.63, 3.8) is 0 Å². The number of hydrogen-bond donors (Lipinski definition) is 3. The van der Waals surface area contributed by atoms with Crippen LogP contribution in [0.5, 0.6) is 5.75 Å². The SMILES string of the molecule is CN1C[C@H](NC(=O)OCc2ccccc2)C(=O)N(C)CC(=O)N2C[C@H](NC(=O)Cc3c[nH]c4ccccc34)C[C@H]2COc2cccc(c2)C1=O. The number of amides is 5. The number of ether oxygens (including phenoxy) is 2. The smallest absolute Gasteiger partial charge is 0.408 e. The highest BCUT2D eigenvalue weighted by molar-refractivity contribution is 5.96. The van der Waals surface area contributed by atoms with Crippen molar-refractivity contribution in [3.8, 4) is 5.75 Å². The molecule has 6 rings (SSSR count). The van der Waals surface area contributed by atoms with Gasteiger partial charge in [-0.2, -0.15) is 0 Å². The molecular weight excluding hydrogens is 640 g/mol. The number of fused-ring (bicyclic) bond motifs is 4. The van der Waals surface area contributed by atoms with Crippen LogP contribution in [0.2, 0.25) is 0 Å². The van der Waals surface area contributed by atoms with E-state index in [1.165, 1.54) is 23.9 Å². The normalized spacial score (nSPS) is 20.1. The van der Waals surface area contributed by atoms with Gasteiger partial charge in [-0.05, 0) is 41.8 Å². The van der Waals surface area contributed by atoms with Gasteiger partial charge in [0.2, 0.25) is 17.7 Å². The molecule has 13 heteroatoms. The third-order valence-electron chi connectivity index (χ3n) is 9.00. The molecule has 2 aliphatic rings. The van der Waals surface area contributed by atoms with Crippen molar-refractivity contribution in [2.24, 2.45) is 0 Å². The number of alkyl carbamates (subject to hydrolysis) is 1. The predicted octanol–water partition coefficient (Wildman–Crippen LogP) is 2.71. The summed E-state index contributed by atoms with van der Waals surface area (Å²) in [4.78, 5) is 74.4. The Balaban J connectivity index is 1.18. The van der Waals surface area contributed by atoms with E-state index in [0.717, 1.165) is 22.0 Å². The van der Waals surface area contributed by atoms with E-state index in [9.17, 15) is 24.0 Å². The number of para-hydroxylation sites is 1. The summed E-state index contributed by atoms with van der Waals surface area (Å²) in [6.07, 6.45) is 1.59. The number of nitrogens with zero attached hydrogens (tertiary/aromatic N) is 3. The number of nitrogens with one attached hydrogen (secondary N) is 3. The van der Waals surface area contributed by atoms with Crippen LogP contribution in [0, 0.1) is 0 Å². The minimum atomic E-state index is -1.21. The molecule has 5 amide bonds. The molecule has 1 aromatic heterocycles. The van der Waals surface area contributed by atoms with Gasteiger partial charge in [0.05, 0.1) is 25.6 Å². The fraction of sp³-hybridized carbons (Fsp3) is 0.324. The van der Waals surface area contributed by atoms with Crippen LogP contribution >= 0.6 is 0 Å². The first-order valence-corrected chi connectivity index (χ1v) is 16.5. The minimum absolute atomic E-state index is 0.0146. The maximum absolute atomic E-state index is 13.8. The van der Waals surface area contributed by atoms with Gasteiger partial charge in [0.1, 0.15) is 25.0 Å². The van der Waals surface area contributed by atoms with Gasteiger partial charge < -0.3 is 39.8 Å². The molecule has 50 heavy (non-hydrogen) atoms. The molecule has 3 atom stereocenters. The summed E-state index contributed by atoms with van der Waals surface area (Å²) in [5.74, 6) is -1.05. The number of rotatable bonds is 6. The van der Waals surface area contributed by atoms with Crippen molar-refractivity contribution < 1.29 is 33.4 Å². The van der Waals surface area contributed by atoms with Crippen molar-refractivity contribution in [2.45, 2.75) is 37.6 Å². The highest BCUT2D eigenvalue weighted by atomic mass is 16.5. The number of likely N-dealkylation sites (N-methyl/N-ethyl adjacent to an activating group) is 2. The van der Waals surface area contributed by atoms with Crippen molar-refractivity contribution in [2.75, 3.05) is 40.3 Å². The van der Waals surface area contributed by atoms with Gasteiger partial charge in [0, 0.05) is 49.3 Å². The summed E-state index contributed by atoms with van der Waals surface area (Å²) < 4.78 is 11.5. The van der Waals surface area contributed by atoms with Crippen LogP contribution in [0.1, 0.15) is 27.9 Å². The second-order valence-corrected chi connectivity index (χ2v) is 12.7. The Labute approximate surface area is 289 Å². The highest BCUT2D eigenvalue weighted by Gasteiger charge is 2.38. The van der Waals surface area contributed by atoms with Crippen LogP contribution in [-0.2, 0) is 32.1 Å². The third kappa shape index (κ3) is 8.05. The summed E-state index contributed by atoms with van der Waals surface area (Å²) in [6.45, 7) is -0.154. The molecule has 0 aliphatic carbocycles. The minimum Gasteiger partial charge on any atom is -0.491 e. The number of aromatic nitrogens is 1. The molecule has 2 bridgehead atoms. The summed E-state index contributed by atoms with van der Waals surface area (Å²) in [7, 11) is 2.99. The Hall–Kier alpha value is -5.85. The Morgan fingerprint density at radius 2 is 1.70 bits per heavy atom. The Morgan fingerprint density at radius 3 is 2.52 bits per heavy atom. The van der Waals surface area contributed by atoms with Gasteiger partial charge in [-0.1, -0.05) is 54.6 Å². The molecule has 0 spiro atoms. The molecule has 3 aromatic carbocycles.